The zero-order valence-corrected chi connectivity index (χ0v) is 13.5. The summed E-state index contributed by atoms with van der Waals surface area (Å²) in [5, 5.41) is 9.41. The van der Waals surface area contributed by atoms with E-state index in [9.17, 15) is 18.0 Å². The van der Waals surface area contributed by atoms with Gasteiger partial charge in [-0.05, 0) is 42.3 Å². The van der Waals surface area contributed by atoms with Gasteiger partial charge in [0.05, 0.1) is 12.1 Å². The van der Waals surface area contributed by atoms with E-state index in [1.54, 1.807) is 11.6 Å². The van der Waals surface area contributed by atoms with E-state index in [-0.39, 0.29) is 24.3 Å². The molecule has 1 amide bonds. The van der Waals surface area contributed by atoms with E-state index < -0.39 is 11.7 Å². The molecule has 1 aromatic carbocycles. The minimum atomic E-state index is -4.35. The zero-order valence-electron chi connectivity index (χ0n) is 12.7. The molecule has 0 bridgehead atoms. The Labute approximate surface area is 140 Å². The first-order valence-electron chi connectivity index (χ1n) is 7.32. The van der Waals surface area contributed by atoms with Gasteiger partial charge in [0.1, 0.15) is 0 Å². The Kier molecular flexibility index (Phi) is 4.20. The van der Waals surface area contributed by atoms with E-state index in [4.69, 9.17) is 12.2 Å². The van der Waals surface area contributed by atoms with Gasteiger partial charge in [-0.1, -0.05) is 12.1 Å². The maximum atomic E-state index is 12.6. The predicted octanol–water partition coefficient (Wildman–Crippen LogP) is 2.92. The fourth-order valence-electron chi connectivity index (χ4n) is 2.61. The van der Waals surface area contributed by atoms with Crippen LogP contribution in [0.25, 0.3) is 0 Å². The molecule has 24 heavy (non-hydrogen) atoms. The van der Waals surface area contributed by atoms with E-state index in [0.29, 0.717) is 17.0 Å². The summed E-state index contributed by atoms with van der Waals surface area (Å²) in [5.41, 5.74) is 0.0694. The molecule has 0 unspecified atom stereocenters. The second-order valence-electron chi connectivity index (χ2n) is 5.79. The van der Waals surface area contributed by atoms with Crippen LogP contribution in [0.2, 0.25) is 0 Å². The second-order valence-corrected chi connectivity index (χ2v) is 6.18. The smallest absolute Gasteiger partial charge is 0.349 e. The normalized spacial score (nSPS) is 20.0. The van der Waals surface area contributed by atoms with Crippen LogP contribution in [-0.2, 0) is 24.6 Å². The maximum Gasteiger partial charge on any atom is 0.416 e. The highest BCUT2D eigenvalue weighted by Crippen LogP contribution is 2.48. The molecule has 128 valence electrons. The number of halogens is 3. The summed E-state index contributed by atoms with van der Waals surface area (Å²) in [6.07, 6.45) is -3.71. The van der Waals surface area contributed by atoms with Crippen molar-refractivity contribution < 1.29 is 18.0 Å². The fraction of sp³-hybridized carbons (Fsp3) is 0.400. The van der Waals surface area contributed by atoms with Gasteiger partial charge in [0.2, 0.25) is 5.91 Å². The summed E-state index contributed by atoms with van der Waals surface area (Å²) < 4.78 is 39.8. The molecule has 2 N–H and O–H groups in total. The number of carbonyl (C=O) groups excluding carboxylic acids is 1. The number of hydrogen-bond donors (Lipinski definition) is 2. The third kappa shape index (κ3) is 3.35. The van der Waals surface area contributed by atoms with Crippen molar-refractivity contribution in [3.8, 4) is 0 Å². The van der Waals surface area contributed by atoms with Gasteiger partial charge in [0.25, 0.3) is 0 Å². The van der Waals surface area contributed by atoms with Crippen LogP contribution in [0, 0.1) is 10.7 Å². The molecule has 2 aromatic rings. The van der Waals surface area contributed by atoms with E-state index >= 15 is 0 Å². The number of benzene rings is 1. The van der Waals surface area contributed by atoms with Crippen LogP contribution in [0.4, 0.5) is 13.2 Å². The number of alkyl halides is 3. The van der Waals surface area contributed by atoms with Crippen molar-refractivity contribution in [3.05, 3.63) is 46.0 Å². The molecule has 1 fully saturated rings. The third-order valence-electron chi connectivity index (χ3n) is 4.19. The number of amides is 1. The average molecular weight is 356 g/mol. The van der Waals surface area contributed by atoms with Crippen molar-refractivity contribution in [1.29, 1.82) is 0 Å². The van der Waals surface area contributed by atoms with Crippen LogP contribution in [0.3, 0.4) is 0 Å². The molecule has 0 radical (unpaired) electrons. The topological polar surface area (TPSA) is 62.7 Å². The first-order chi connectivity index (χ1) is 11.3. The van der Waals surface area contributed by atoms with Crippen LogP contribution >= 0.6 is 12.2 Å². The average Bonchev–Trinajstić information content (AvgIpc) is 3.27. The molecular weight excluding hydrogens is 341 g/mol. The van der Waals surface area contributed by atoms with Crippen molar-refractivity contribution in [2.24, 2.45) is 13.0 Å². The monoisotopic (exact) mass is 356 g/mol. The predicted molar refractivity (Wildman–Crippen MR) is 82.5 cm³/mol. The highest BCUT2D eigenvalue weighted by atomic mass is 32.1. The third-order valence-corrected chi connectivity index (χ3v) is 4.55. The minimum Gasteiger partial charge on any atom is -0.349 e. The van der Waals surface area contributed by atoms with Gasteiger partial charge in [0, 0.05) is 13.0 Å². The Balaban J connectivity index is 1.57. The van der Waals surface area contributed by atoms with Crippen LogP contribution in [-0.4, -0.2) is 20.7 Å². The molecular formula is C15H15F3N4OS. The summed E-state index contributed by atoms with van der Waals surface area (Å²) >= 11 is 4.99. The number of aromatic amines is 1. The molecule has 1 heterocycles. The van der Waals surface area contributed by atoms with Gasteiger partial charge in [0.15, 0.2) is 10.6 Å². The lowest BCUT2D eigenvalue weighted by Crippen LogP contribution is -2.26. The van der Waals surface area contributed by atoms with Gasteiger partial charge < -0.3 is 9.88 Å². The standard InChI is InChI=1S/C15H15F3N4OS/c1-22-12(20-21-14(22)24)7-19-13(23)11-6-10(11)8-2-4-9(5-3-8)15(16,17)18/h2-5,10-11H,6-7H2,1H3,(H,19,23)(H,21,24)/t10-,11+/m0/s1. The van der Waals surface area contributed by atoms with Crippen LogP contribution in [0.5, 0.6) is 0 Å². The van der Waals surface area contributed by atoms with E-state index in [1.807, 2.05) is 0 Å². The summed E-state index contributed by atoms with van der Waals surface area (Å²) in [4.78, 5) is 12.1. The van der Waals surface area contributed by atoms with Gasteiger partial charge in [-0.25, -0.2) is 0 Å². The summed E-state index contributed by atoms with van der Waals surface area (Å²) in [6.45, 7) is 0.249. The SMILES string of the molecule is Cn1c(CNC(=O)[C@@H]2C[C@H]2c2ccc(C(F)(F)F)cc2)n[nH]c1=S. The Morgan fingerprint density at radius 2 is 2.08 bits per heavy atom. The largest absolute Gasteiger partial charge is 0.416 e. The zero-order chi connectivity index (χ0) is 17.5. The minimum absolute atomic E-state index is 0.0327. The Morgan fingerprint density at radius 1 is 1.42 bits per heavy atom. The highest BCUT2D eigenvalue weighted by molar-refractivity contribution is 7.71. The molecule has 1 aromatic heterocycles. The lowest BCUT2D eigenvalue weighted by Gasteiger charge is -2.08. The van der Waals surface area contributed by atoms with Crippen LogP contribution in [0.15, 0.2) is 24.3 Å². The van der Waals surface area contributed by atoms with E-state index in [2.05, 4.69) is 15.5 Å². The van der Waals surface area contributed by atoms with Gasteiger partial charge in [-0.3, -0.25) is 9.89 Å². The number of nitrogens with zero attached hydrogens (tertiary/aromatic N) is 2. The lowest BCUT2D eigenvalue weighted by atomic mass is 10.1. The molecule has 0 spiro atoms. The fourth-order valence-corrected chi connectivity index (χ4v) is 2.76. The quantitative estimate of drug-likeness (QED) is 0.828. The first kappa shape index (κ1) is 16.7. The molecule has 5 nitrogen and oxygen atoms in total. The van der Waals surface area contributed by atoms with Crippen molar-refractivity contribution in [2.45, 2.75) is 25.1 Å². The molecule has 0 aliphatic heterocycles. The lowest BCUT2D eigenvalue weighted by molar-refractivity contribution is -0.137. The van der Waals surface area contributed by atoms with E-state index in [0.717, 1.165) is 17.7 Å². The molecule has 2 atom stereocenters. The van der Waals surface area contributed by atoms with Crippen molar-refractivity contribution in [3.63, 3.8) is 0 Å². The number of hydrogen-bond acceptors (Lipinski definition) is 3. The molecule has 1 saturated carbocycles. The van der Waals surface area contributed by atoms with Crippen molar-refractivity contribution in [1.82, 2.24) is 20.1 Å². The molecule has 3 rings (SSSR count). The number of H-pyrrole nitrogens is 1. The van der Waals surface area contributed by atoms with Gasteiger partial charge >= 0.3 is 6.18 Å². The molecule has 0 saturated heterocycles. The summed E-state index contributed by atoms with van der Waals surface area (Å²) in [5.74, 6) is 0.234. The van der Waals surface area contributed by atoms with Gasteiger partial charge in [-0.15, -0.1) is 0 Å². The second kappa shape index (κ2) is 6.04. The van der Waals surface area contributed by atoms with Crippen molar-refractivity contribution in [2.75, 3.05) is 0 Å². The Hall–Kier alpha value is -2.16. The Morgan fingerprint density at radius 3 is 2.62 bits per heavy atom. The van der Waals surface area contributed by atoms with Crippen LogP contribution in [0.1, 0.15) is 29.3 Å². The molecule has 1 aliphatic carbocycles. The Bertz CT molecular complexity index is 809. The van der Waals surface area contributed by atoms with E-state index in [1.165, 1.54) is 12.1 Å². The van der Waals surface area contributed by atoms with Crippen molar-refractivity contribution >= 4 is 18.1 Å². The number of aromatic nitrogens is 3. The molecule has 9 heteroatoms. The summed E-state index contributed by atoms with van der Waals surface area (Å²) in [6, 6.07) is 4.99. The summed E-state index contributed by atoms with van der Waals surface area (Å²) in [7, 11) is 1.75. The van der Waals surface area contributed by atoms with Crippen LogP contribution < -0.4 is 5.32 Å². The first-order valence-corrected chi connectivity index (χ1v) is 7.73. The highest BCUT2D eigenvalue weighted by Gasteiger charge is 2.44. The molecule has 1 aliphatic rings. The number of rotatable bonds is 4. The number of nitrogens with one attached hydrogen (secondary N) is 2. The van der Waals surface area contributed by atoms with Gasteiger partial charge in [-0.2, -0.15) is 18.3 Å². The number of carbonyl (C=O) groups is 1. The maximum absolute atomic E-state index is 12.6.